The highest BCUT2D eigenvalue weighted by molar-refractivity contribution is 9.10. The first-order valence-electron chi connectivity index (χ1n) is 8.46. The molecule has 1 aromatic carbocycles. The number of halogens is 1. The summed E-state index contributed by atoms with van der Waals surface area (Å²) in [5.74, 6) is -1.10. The molecule has 2 amide bonds. The van der Waals surface area contributed by atoms with E-state index in [1.807, 2.05) is 12.1 Å². The Morgan fingerprint density at radius 3 is 2.44 bits per heavy atom. The molecule has 1 aliphatic rings. The minimum absolute atomic E-state index is 0.163. The molecule has 0 unspecified atom stereocenters. The molecular formula is C18H23BrN2O6. The maximum absolute atomic E-state index is 12.5. The zero-order valence-electron chi connectivity index (χ0n) is 15.4. The summed E-state index contributed by atoms with van der Waals surface area (Å²) in [6, 6.07) is 6.35. The van der Waals surface area contributed by atoms with E-state index >= 15 is 0 Å². The molecule has 2 rings (SSSR count). The number of carboxylic acids is 1. The van der Waals surface area contributed by atoms with Crippen LogP contribution in [0.3, 0.4) is 0 Å². The Labute approximate surface area is 165 Å². The molecule has 0 saturated carbocycles. The van der Waals surface area contributed by atoms with E-state index in [1.54, 1.807) is 32.9 Å². The fraction of sp³-hybridized carbons (Fsp3) is 0.500. The lowest BCUT2D eigenvalue weighted by molar-refractivity contribution is -0.138. The third-order valence-electron chi connectivity index (χ3n) is 3.72. The van der Waals surface area contributed by atoms with Crippen molar-refractivity contribution < 1.29 is 29.0 Å². The first kappa shape index (κ1) is 21.0. The van der Waals surface area contributed by atoms with Gasteiger partial charge in [-0.2, -0.15) is 0 Å². The van der Waals surface area contributed by atoms with E-state index in [0.717, 1.165) is 4.47 Å². The van der Waals surface area contributed by atoms with Crippen LogP contribution in [-0.4, -0.2) is 58.8 Å². The minimum Gasteiger partial charge on any atom is -0.488 e. The average molecular weight is 443 g/mol. The Kier molecular flexibility index (Phi) is 6.69. The van der Waals surface area contributed by atoms with Gasteiger partial charge in [-0.1, -0.05) is 15.9 Å². The molecule has 1 heterocycles. The van der Waals surface area contributed by atoms with E-state index in [-0.39, 0.29) is 13.0 Å². The highest BCUT2D eigenvalue weighted by Gasteiger charge is 2.42. The molecule has 0 aromatic heterocycles. The van der Waals surface area contributed by atoms with Gasteiger partial charge in [0, 0.05) is 10.9 Å². The van der Waals surface area contributed by atoms with Gasteiger partial charge in [-0.05, 0) is 45.0 Å². The van der Waals surface area contributed by atoms with Crippen molar-refractivity contribution in [3.05, 3.63) is 28.7 Å². The van der Waals surface area contributed by atoms with E-state index in [2.05, 4.69) is 21.2 Å². The molecule has 27 heavy (non-hydrogen) atoms. The molecule has 9 heteroatoms. The fourth-order valence-corrected chi connectivity index (χ4v) is 2.90. The zero-order valence-corrected chi connectivity index (χ0v) is 17.0. The molecule has 0 bridgehead atoms. The Balaban J connectivity index is 2.11. The maximum atomic E-state index is 12.5. The number of carbonyl (C=O) groups is 3. The average Bonchev–Trinajstić information content (AvgIpc) is 2.97. The van der Waals surface area contributed by atoms with Crippen molar-refractivity contribution in [2.45, 2.75) is 44.9 Å². The number of carboxylic acid groups (broad SMARTS) is 1. The Bertz CT molecular complexity index is 701. The Morgan fingerprint density at radius 2 is 1.89 bits per heavy atom. The van der Waals surface area contributed by atoms with Crippen molar-refractivity contribution in [2.24, 2.45) is 0 Å². The molecule has 0 aliphatic carbocycles. The van der Waals surface area contributed by atoms with Crippen LogP contribution in [0.15, 0.2) is 28.7 Å². The van der Waals surface area contributed by atoms with Gasteiger partial charge in [0.25, 0.3) is 0 Å². The highest BCUT2D eigenvalue weighted by atomic mass is 79.9. The largest absolute Gasteiger partial charge is 0.488 e. The third-order valence-corrected chi connectivity index (χ3v) is 4.25. The number of hydrogen-bond donors (Lipinski definition) is 2. The van der Waals surface area contributed by atoms with Gasteiger partial charge in [0.15, 0.2) is 0 Å². The van der Waals surface area contributed by atoms with Crippen molar-refractivity contribution in [3.63, 3.8) is 0 Å². The zero-order chi connectivity index (χ0) is 20.2. The lowest BCUT2D eigenvalue weighted by Crippen LogP contribution is -2.48. The van der Waals surface area contributed by atoms with Gasteiger partial charge in [0.2, 0.25) is 5.91 Å². The van der Waals surface area contributed by atoms with Gasteiger partial charge in [-0.3, -0.25) is 14.5 Å². The molecule has 1 saturated heterocycles. The quantitative estimate of drug-likeness (QED) is 0.724. The van der Waals surface area contributed by atoms with Crippen LogP contribution in [-0.2, 0) is 14.3 Å². The standard InChI is InChI=1S/C18H23BrN2O6/c1-18(2,3)27-17(25)21-10-13(26-12-6-4-11(19)5-7-12)8-14(21)16(24)20-9-15(22)23/h4-7,13-14H,8-10H2,1-3H3,(H,20,24)(H,22,23)/t13-,14-/m0/s1. The predicted molar refractivity (Wildman–Crippen MR) is 101 cm³/mol. The molecular weight excluding hydrogens is 420 g/mol. The second-order valence-corrected chi connectivity index (χ2v) is 8.11. The Morgan fingerprint density at radius 1 is 1.26 bits per heavy atom. The highest BCUT2D eigenvalue weighted by Crippen LogP contribution is 2.26. The van der Waals surface area contributed by atoms with Crippen LogP contribution in [0.2, 0.25) is 0 Å². The van der Waals surface area contributed by atoms with Gasteiger partial charge in [0.05, 0.1) is 6.54 Å². The van der Waals surface area contributed by atoms with Gasteiger partial charge in [-0.25, -0.2) is 4.79 Å². The van der Waals surface area contributed by atoms with Crippen molar-refractivity contribution in [1.82, 2.24) is 10.2 Å². The van der Waals surface area contributed by atoms with Crippen LogP contribution in [0.5, 0.6) is 5.75 Å². The Hall–Kier alpha value is -2.29. The first-order chi connectivity index (χ1) is 12.5. The molecule has 8 nitrogen and oxygen atoms in total. The summed E-state index contributed by atoms with van der Waals surface area (Å²) in [6.07, 6.45) is -0.819. The number of rotatable bonds is 5. The third kappa shape index (κ3) is 6.42. The minimum atomic E-state index is -1.16. The van der Waals surface area contributed by atoms with Crippen LogP contribution in [0.25, 0.3) is 0 Å². The lowest BCUT2D eigenvalue weighted by atomic mass is 10.2. The number of benzene rings is 1. The molecule has 0 spiro atoms. The van der Waals surface area contributed by atoms with Gasteiger partial charge < -0.3 is 19.9 Å². The monoisotopic (exact) mass is 442 g/mol. The SMILES string of the molecule is CC(C)(C)OC(=O)N1C[C@@H](Oc2ccc(Br)cc2)C[C@H]1C(=O)NCC(=O)O. The second-order valence-electron chi connectivity index (χ2n) is 7.19. The summed E-state index contributed by atoms with van der Waals surface area (Å²) in [7, 11) is 0. The van der Waals surface area contributed by atoms with Crippen molar-refractivity contribution >= 4 is 33.9 Å². The summed E-state index contributed by atoms with van der Waals surface area (Å²) >= 11 is 3.35. The number of nitrogens with zero attached hydrogens (tertiary/aromatic N) is 1. The summed E-state index contributed by atoms with van der Waals surface area (Å²) in [5, 5.41) is 11.1. The van der Waals surface area contributed by atoms with E-state index in [1.165, 1.54) is 4.90 Å². The molecule has 2 N–H and O–H groups in total. The molecule has 148 valence electrons. The number of ether oxygens (including phenoxy) is 2. The number of nitrogens with one attached hydrogen (secondary N) is 1. The lowest BCUT2D eigenvalue weighted by Gasteiger charge is -2.27. The molecule has 1 aromatic rings. The van der Waals surface area contributed by atoms with E-state index in [0.29, 0.717) is 5.75 Å². The summed E-state index contributed by atoms with van der Waals surface area (Å²) in [6.45, 7) is 4.84. The number of carbonyl (C=O) groups excluding carboxylic acids is 2. The van der Waals surface area contributed by atoms with Crippen LogP contribution in [0, 0.1) is 0 Å². The van der Waals surface area contributed by atoms with E-state index in [4.69, 9.17) is 14.6 Å². The molecule has 1 aliphatic heterocycles. The van der Waals surface area contributed by atoms with Crippen LogP contribution in [0.1, 0.15) is 27.2 Å². The maximum Gasteiger partial charge on any atom is 0.411 e. The summed E-state index contributed by atoms with van der Waals surface area (Å²) in [5.41, 5.74) is -0.718. The fourth-order valence-electron chi connectivity index (χ4n) is 2.64. The smallest absolute Gasteiger partial charge is 0.411 e. The van der Waals surface area contributed by atoms with Crippen LogP contribution in [0.4, 0.5) is 4.79 Å². The van der Waals surface area contributed by atoms with Crippen molar-refractivity contribution in [3.8, 4) is 5.75 Å². The van der Waals surface area contributed by atoms with Crippen molar-refractivity contribution in [2.75, 3.05) is 13.1 Å². The van der Waals surface area contributed by atoms with Gasteiger partial charge >= 0.3 is 12.1 Å². The van der Waals surface area contributed by atoms with Gasteiger partial charge in [-0.15, -0.1) is 0 Å². The first-order valence-corrected chi connectivity index (χ1v) is 9.26. The van der Waals surface area contributed by atoms with Gasteiger partial charge in [0.1, 0.15) is 30.0 Å². The summed E-state index contributed by atoms with van der Waals surface area (Å²) < 4.78 is 12.2. The number of hydrogen-bond acceptors (Lipinski definition) is 5. The topological polar surface area (TPSA) is 105 Å². The number of amides is 2. The number of likely N-dealkylation sites (tertiary alicyclic amines) is 1. The van der Waals surface area contributed by atoms with E-state index in [9.17, 15) is 14.4 Å². The molecule has 1 fully saturated rings. The molecule has 2 atom stereocenters. The molecule has 0 radical (unpaired) electrons. The van der Waals surface area contributed by atoms with Crippen LogP contribution >= 0.6 is 15.9 Å². The summed E-state index contributed by atoms with van der Waals surface area (Å²) in [4.78, 5) is 36.9. The van der Waals surface area contributed by atoms with E-state index < -0.39 is 42.3 Å². The normalized spacial score (nSPS) is 19.5. The predicted octanol–water partition coefficient (Wildman–Crippen LogP) is 2.41. The second kappa shape index (κ2) is 8.60. The van der Waals surface area contributed by atoms with Crippen molar-refractivity contribution in [1.29, 1.82) is 0 Å². The van der Waals surface area contributed by atoms with Crippen LogP contribution < -0.4 is 10.1 Å². The number of aliphatic carboxylic acids is 1.